The maximum atomic E-state index is 10.9. The third kappa shape index (κ3) is 3.08. The third-order valence-electron chi connectivity index (χ3n) is 1.85. The Balaban J connectivity index is 0. The Bertz CT molecular complexity index is 124. The molecular weight excluding hydrogens is 166 g/mol. The Kier molecular flexibility index (Phi) is 6.52. The Hall–Kier alpha value is -0.280. The van der Waals surface area contributed by atoms with E-state index in [9.17, 15) is 4.79 Å². The summed E-state index contributed by atoms with van der Waals surface area (Å²) in [6.07, 6.45) is 1.24. The molecule has 0 aliphatic heterocycles. The lowest BCUT2D eigenvalue weighted by Gasteiger charge is -2.22. The summed E-state index contributed by atoms with van der Waals surface area (Å²) in [7, 11) is 1.36. The van der Waals surface area contributed by atoms with Crippen molar-refractivity contribution in [2.75, 3.05) is 7.11 Å². The van der Waals surface area contributed by atoms with Crippen LogP contribution in [0.15, 0.2) is 0 Å². The van der Waals surface area contributed by atoms with Crippen LogP contribution in [0.5, 0.6) is 0 Å². The van der Waals surface area contributed by atoms with E-state index < -0.39 is 5.54 Å². The van der Waals surface area contributed by atoms with Gasteiger partial charge in [0, 0.05) is 0 Å². The largest absolute Gasteiger partial charge is 0.468 e. The molecule has 0 atom stereocenters. The summed E-state index contributed by atoms with van der Waals surface area (Å²) < 4.78 is 4.53. The zero-order valence-corrected chi connectivity index (χ0v) is 8.03. The quantitative estimate of drug-likeness (QED) is 0.664. The molecular formula is C7H16ClNO2. The van der Waals surface area contributed by atoms with Crippen LogP contribution in [0, 0.1) is 0 Å². The lowest BCUT2D eigenvalue weighted by atomic mass is 9.95. The fourth-order valence-electron chi connectivity index (χ4n) is 0.742. The molecule has 0 bridgehead atoms. The molecule has 4 heteroatoms. The van der Waals surface area contributed by atoms with Gasteiger partial charge in [-0.15, -0.1) is 12.4 Å². The summed E-state index contributed by atoms with van der Waals surface area (Å²) in [4.78, 5) is 10.9. The number of esters is 1. The van der Waals surface area contributed by atoms with Crippen molar-refractivity contribution < 1.29 is 9.53 Å². The normalized spacial score (nSPS) is 10.2. The number of hydrogen-bond acceptors (Lipinski definition) is 3. The van der Waals surface area contributed by atoms with Crippen molar-refractivity contribution in [2.24, 2.45) is 5.73 Å². The average molecular weight is 182 g/mol. The molecule has 0 aliphatic carbocycles. The van der Waals surface area contributed by atoms with E-state index in [1.807, 2.05) is 13.8 Å². The summed E-state index contributed by atoms with van der Waals surface area (Å²) in [6, 6.07) is 0. The second-order valence-corrected chi connectivity index (χ2v) is 2.35. The molecule has 0 aromatic carbocycles. The van der Waals surface area contributed by atoms with Gasteiger partial charge in [0.05, 0.1) is 7.11 Å². The minimum atomic E-state index is -0.769. The maximum absolute atomic E-state index is 10.9. The SMILES string of the molecule is CCC(N)(CC)C(=O)OC.Cl. The minimum Gasteiger partial charge on any atom is -0.468 e. The number of carbonyl (C=O) groups is 1. The Labute approximate surface area is 73.7 Å². The molecule has 3 nitrogen and oxygen atoms in total. The number of methoxy groups -OCH3 is 1. The molecule has 0 spiro atoms. The van der Waals surface area contributed by atoms with Crippen molar-refractivity contribution >= 4 is 18.4 Å². The van der Waals surface area contributed by atoms with Gasteiger partial charge in [-0.3, -0.25) is 4.79 Å². The molecule has 2 N–H and O–H groups in total. The number of carbonyl (C=O) groups excluding carboxylic acids is 1. The highest BCUT2D eigenvalue weighted by molar-refractivity contribution is 5.85. The first-order chi connectivity index (χ1) is 4.60. The van der Waals surface area contributed by atoms with Crippen LogP contribution < -0.4 is 5.73 Å². The Morgan fingerprint density at radius 2 is 1.82 bits per heavy atom. The molecule has 0 saturated heterocycles. The predicted molar refractivity (Wildman–Crippen MR) is 46.8 cm³/mol. The zero-order chi connectivity index (χ0) is 8.20. The van der Waals surface area contributed by atoms with Crippen LogP contribution in [0.3, 0.4) is 0 Å². The number of halogens is 1. The van der Waals surface area contributed by atoms with Gasteiger partial charge in [0.15, 0.2) is 0 Å². The summed E-state index contributed by atoms with van der Waals surface area (Å²) in [6.45, 7) is 3.75. The summed E-state index contributed by atoms with van der Waals surface area (Å²) in [5, 5.41) is 0. The van der Waals surface area contributed by atoms with Gasteiger partial charge < -0.3 is 10.5 Å². The van der Waals surface area contributed by atoms with Crippen molar-refractivity contribution in [3.63, 3.8) is 0 Å². The van der Waals surface area contributed by atoms with Gasteiger partial charge in [-0.05, 0) is 12.8 Å². The monoisotopic (exact) mass is 181 g/mol. The summed E-state index contributed by atoms with van der Waals surface area (Å²) in [5.74, 6) is -0.322. The predicted octanol–water partition coefficient (Wildman–Crippen LogP) is 1.10. The van der Waals surface area contributed by atoms with Crippen LogP contribution in [0.4, 0.5) is 0 Å². The van der Waals surface area contributed by atoms with Gasteiger partial charge in [-0.2, -0.15) is 0 Å². The van der Waals surface area contributed by atoms with Crippen molar-refractivity contribution in [1.82, 2.24) is 0 Å². The molecule has 68 valence electrons. The first-order valence-corrected chi connectivity index (χ1v) is 3.48. The summed E-state index contributed by atoms with van der Waals surface area (Å²) in [5.41, 5.74) is 4.91. The van der Waals surface area contributed by atoms with Crippen LogP contribution in [0.2, 0.25) is 0 Å². The van der Waals surface area contributed by atoms with Crippen LogP contribution in [-0.2, 0) is 9.53 Å². The van der Waals surface area contributed by atoms with E-state index in [1.165, 1.54) is 7.11 Å². The summed E-state index contributed by atoms with van der Waals surface area (Å²) >= 11 is 0. The third-order valence-corrected chi connectivity index (χ3v) is 1.85. The molecule has 0 saturated carbocycles. The van der Waals surface area contributed by atoms with Gasteiger partial charge in [0.1, 0.15) is 5.54 Å². The van der Waals surface area contributed by atoms with E-state index in [1.54, 1.807) is 0 Å². The standard InChI is InChI=1S/C7H15NO2.ClH/c1-4-7(8,5-2)6(9)10-3;/h4-5,8H2,1-3H3;1H. The molecule has 0 heterocycles. The van der Waals surface area contributed by atoms with Crippen molar-refractivity contribution in [3.05, 3.63) is 0 Å². The molecule has 0 aromatic rings. The van der Waals surface area contributed by atoms with E-state index in [0.717, 1.165) is 0 Å². The van der Waals surface area contributed by atoms with Gasteiger partial charge in [-0.25, -0.2) is 0 Å². The van der Waals surface area contributed by atoms with E-state index in [0.29, 0.717) is 12.8 Å². The molecule has 0 unspecified atom stereocenters. The first kappa shape index (κ1) is 13.3. The smallest absolute Gasteiger partial charge is 0.325 e. The second-order valence-electron chi connectivity index (χ2n) is 2.35. The first-order valence-electron chi connectivity index (χ1n) is 3.48. The van der Waals surface area contributed by atoms with Gasteiger partial charge in [0.25, 0.3) is 0 Å². The average Bonchev–Trinajstić information content (AvgIpc) is 2.01. The van der Waals surface area contributed by atoms with E-state index >= 15 is 0 Å². The number of nitrogens with two attached hydrogens (primary N) is 1. The molecule has 11 heavy (non-hydrogen) atoms. The number of ether oxygens (including phenoxy) is 1. The van der Waals surface area contributed by atoms with E-state index in [4.69, 9.17) is 5.73 Å². The highest BCUT2D eigenvalue weighted by atomic mass is 35.5. The van der Waals surface area contributed by atoms with E-state index in [-0.39, 0.29) is 18.4 Å². The maximum Gasteiger partial charge on any atom is 0.325 e. The van der Waals surface area contributed by atoms with Crippen molar-refractivity contribution in [1.29, 1.82) is 0 Å². The Morgan fingerprint density at radius 3 is 1.91 bits per heavy atom. The molecule has 0 amide bonds. The van der Waals surface area contributed by atoms with Crippen molar-refractivity contribution in [2.45, 2.75) is 32.2 Å². The van der Waals surface area contributed by atoms with E-state index in [2.05, 4.69) is 4.74 Å². The lowest BCUT2D eigenvalue weighted by Crippen LogP contribution is -2.47. The molecule has 0 fully saturated rings. The topological polar surface area (TPSA) is 52.3 Å². The van der Waals surface area contributed by atoms with Gasteiger partial charge in [-0.1, -0.05) is 13.8 Å². The fraction of sp³-hybridized carbons (Fsp3) is 0.857. The van der Waals surface area contributed by atoms with Crippen LogP contribution in [-0.4, -0.2) is 18.6 Å². The van der Waals surface area contributed by atoms with Crippen LogP contribution in [0.1, 0.15) is 26.7 Å². The number of hydrogen-bond donors (Lipinski definition) is 1. The van der Waals surface area contributed by atoms with Crippen LogP contribution in [0.25, 0.3) is 0 Å². The highest BCUT2D eigenvalue weighted by Gasteiger charge is 2.30. The highest BCUT2D eigenvalue weighted by Crippen LogP contribution is 2.12. The molecule has 0 radical (unpaired) electrons. The van der Waals surface area contributed by atoms with Crippen molar-refractivity contribution in [3.8, 4) is 0 Å². The molecule has 0 rings (SSSR count). The van der Waals surface area contributed by atoms with Crippen LogP contribution >= 0.6 is 12.4 Å². The minimum absolute atomic E-state index is 0. The lowest BCUT2D eigenvalue weighted by molar-refractivity contribution is -0.147. The fourth-order valence-corrected chi connectivity index (χ4v) is 0.742. The molecule has 0 aromatic heterocycles. The molecule has 0 aliphatic rings. The number of rotatable bonds is 3. The second kappa shape index (κ2) is 5.38. The zero-order valence-electron chi connectivity index (χ0n) is 7.22. The van der Waals surface area contributed by atoms with Gasteiger partial charge in [0.2, 0.25) is 0 Å². The van der Waals surface area contributed by atoms with Gasteiger partial charge >= 0.3 is 5.97 Å². The Morgan fingerprint density at radius 1 is 1.45 bits per heavy atom.